The van der Waals surface area contributed by atoms with E-state index in [1.807, 2.05) is 24.3 Å². The number of aromatic nitrogens is 1. The monoisotopic (exact) mass is 320 g/mol. The number of sulfonamides is 1. The topological polar surface area (TPSA) is 68.3 Å². The van der Waals surface area contributed by atoms with Crippen molar-refractivity contribution in [1.82, 2.24) is 4.37 Å². The maximum atomic E-state index is 12.4. The number of fused-ring (bicyclic) bond motifs is 1. The van der Waals surface area contributed by atoms with Gasteiger partial charge in [0.25, 0.3) is 10.0 Å². The summed E-state index contributed by atoms with van der Waals surface area (Å²) in [6, 6.07) is 13.6. The quantitative estimate of drug-likeness (QED) is 0.802. The lowest BCUT2D eigenvalue weighted by molar-refractivity contribution is 0.414. The normalized spacial score (nSPS) is 11.5. The van der Waals surface area contributed by atoms with Crippen molar-refractivity contribution in [3.63, 3.8) is 0 Å². The molecule has 0 aliphatic rings. The van der Waals surface area contributed by atoms with Gasteiger partial charge in [0, 0.05) is 5.39 Å². The molecule has 0 aliphatic heterocycles. The smallest absolute Gasteiger partial charge is 0.262 e. The fraction of sp³-hybridized carbons (Fsp3) is 0.0714. The molecule has 3 rings (SSSR count). The van der Waals surface area contributed by atoms with Gasteiger partial charge in [0.1, 0.15) is 10.8 Å². The number of benzene rings is 2. The van der Waals surface area contributed by atoms with E-state index in [2.05, 4.69) is 9.10 Å². The first-order valence-electron chi connectivity index (χ1n) is 6.11. The summed E-state index contributed by atoms with van der Waals surface area (Å²) in [5.41, 5.74) is 0.773. The SMILES string of the molecule is COc1ccc(S(=O)(=O)Nc2snc3ccccc23)cc1. The zero-order valence-electron chi connectivity index (χ0n) is 11.1. The van der Waals surface area contributed by atoms with Crippen molar-refractivity contribution in [3.8, 4) is 5.75 Å². The first kappa shape index (κ1) is 13.8. The van der Waals surface area contributed by atoms with Crippen LogP contribution >= 0.6 is 11.5 Å². The molecule has 2 aromatic carbocycles. The third kappa shape index (κ3) is 2.70. The fourth-order valence-electron chi connectivity index (χ4n) is 1.90. The van der Waals surface area contributed by atoms with Crippen LogP contribution in [0.25, 0.3) is 10.9 Å². The highest BCUT2D eigenvalue weighted by molar-refractivity contribution is 7.93. The van der Waals surface area contributed by atoms with Gasteiger partial charge in [-0.05, 0) is 47.9 Å². The number of methoxy groups -OCH3 is 1. The molecule has 0 saturated heterocycles. The maximum absolute atomic E-state index is 12.4. The molecule has 0 radical (unpaired) electrons. The molecule has 0 bridgehead atoms. The molecule has 0 saturated carbocycles. The van der Waals surface area contributed by atoms with Crippen molar-refractivity contribution in [2.45, 2.75) is 4.90 Å². The molecular formula is C14H12N2O3S2. The highest BCUT2D eigenvalue weighted by atomic mass is 32.2. The number of hydrogen-bond acceptors (Lipinski definition) is 5. The van der Waals surface area contributed by atoms with Crippen LogP contribution < -0.4 is 9.46 Å². The summed E-state index contributed by atoms with van der Waals surface area (Å²) >= 11 is 1.13. The Morgan fingerprint density at radius 2 is 1.81 bits per heavy atom. The van der Waals surface area contributed by atoms with Gasteiger partial charge >= 0.3 is 0 Å². The Balaban J connectivity index is 1.95. The van der Waals surface area contributed by atoms with Gasteiger partial charge in [-0.3, -0.25) is 4.72 Å². The average molecular weight is 320 g/mol. The molecule has 0 unspecified atom stereocenters. The summed E-state index contributed by atoms with van der Waals surface area (Å²) in [7, 11) is -2.10. The van der Waals surface area contributed by atoms with Crippen LogP contribution in [0.3, 0.4) is 0 Å². The number of hydrogen-bond donors (Lipinski definition) is 1. The van der Waals surface area contributed by atoms with E-state index in [1.165, 1.54) is 19.2 Å². The second-order valence-corrected chi connectivity index (χ2v) is 6.77. The van der Waals surface area contributed by atoms with Gasteiger partial charge in [0.15, 0.2) is 0 Å². The molecule has 0 atom stereocenters. The third-order valence-electron chi connectivity index (χ3n) is 2.98. The van der Waals surface area contributed by atoms with E-state index in [9.17, 15) is 8.42 Å². The van der Waals surface area contributed by atoms with Gasteiger partial charge in [-0.15, -0.1) is 0 Å². The van der Waals surface area contributed by atoms with E-state index < -0.39 is 10.0 Å². The predicted molar refractivity (Wildman–Crippen MR) is 83.4 cm³/mol. The molecule has 0 spiro atoms. The Kier molecular flexibility index (Phi) is 3.52. The molecule has 1 aromatic heterocycles. The Labute approximate surface area is 126 Å². The zero-order chi connectivity index (χ0) is 14.9. The molecular weight excluding hydrogens is 308 g/mol. The minimum Gasteiger partial charge on any atom is -0.497 e. The number of nitrogens with zero attached hydrogens (tertiary/aromatic N) is 1. The number of nitrogens with one attached hydrogen (secondary N) is 1. The number of ether oxygens (including phenoxy) is 1. The second-order valence-electron chi connectivity index (χ2n) is 4.31. The minimum absolute atomic E-state index is 0.181. The molecule has 5 nitrogen and oxygen atoms in total. The van der Waals surface area contributed by atoms with E-state index in [0.717, 1.165) is 22.4 Å². The van der Waals surface area contributed by atoms with E-state index in [4.69, 9.17) is 4.74 Å². The highest BCUT2D eigenvalue weighted by Crippen LogP contribution is 2.29. The van der Waals surface area contributed by atoms with Gasteiger partial charge in [0.05, 0.1) is 17.5 Å². The number of rotatable bonds is 4. The lowest BCUT2D eigenvalue weighted by atomic mass is 10.2. The first-order valence-corrected chi connectivity index (χ1v) is 8.37. The van der Waals surface area contributed by atoms with Crippen molar-refractivity contribution in [2.24, 2.45) is 0 Å². The van der Waals surface area contributed by atoms with Gasteiger partial charge < -0.3 is 4.74 Å². The van der Waals surface area contributed by atoms with E-state index in [-0.39, 0.29) is 4.90 Å². The average Bonchev–Trinajstić information content (AvgIpc) is 2.90. The van der Waals surface area contributed by atoms with Crippen LogP contribution in [-0.4, -0.2) is 19.9 Å². The molecule has 108 valence electrons. The zero-order valence-corrected chi connectivity index (χ0v) is 12.7. The van der Waals surface area contributed by atoms with Crippen LogP contribution in [-0.2, 0) is 10.0 Å². The lowest BCUT2D eigenvalue weighted by Crippen LogP contribution is -2.12. The minimum atomic E-state index is -3.63. The van der Waals surface area contributed by atoms with Crippen molar-refractivity contribution in [1.29, 1.82) is 0 Å². The van der Waals surface area contributed by atoms with E-state index in [1.54, 1.807) is 12.1 Å². The van der Waals surface area contributed by atoms with Gasteiger partial charge in [-0.2, -0.15) is 4.37 Å². The fourth-order valence-corrected chi connectivity index (χ4v) is 3.96. The molecule has 1 heterocycles. The third-order valence-corrected chi connectivity index (χ3v) is 5.27. The van der Waals surface area contributed by atoms with Gasteiger partial charge in [-0.1, -0.05) is 12.1 Å². The van der Waals surface area contributed by atoms with Gasteiger partial charge in [0.2, 0.25) is 0 Å². The molecule has 0 aliphatic carbocycles. The van der Waals surface area contributed by atoms with Crippen LogP contribution in [0.2, 0.25) is 0 Å². The van der Waals surface area contributed by atoms with Crippen LogP contribution in [0.4, 0.5) is 5.00 Å². The van der Waals surface area contributed by atoms with Crippen molar-refractivity contribution < 1.29 is 13.2 Å². The molecule has 0 fully saturated rings. The van der Waals surface area contributed by atoms with Crippen LogP contribution in [0.1, 0.15) is 0 Å². The Hall–Kier alpha value is -2.12. The molecule has 1 N–H and O–H groups in total. The van der Waals surface area contributed by atoms with Crippen molar-refractivity contribution in [2.75, 3.05) is 11.8 Å². The van der Waals surface area contributed by atoms with E-state index >= 15 is 0 Å². The Bertz CT molecular complexity index is 871. The molecule has 21 heavy (non-hydrogen) atoms. The summed E-state index contributed by atoms with van der Waals surface area (Å²) in [6.07, 6.45) is 0. The van der Waals surface area contributed by atoms with Crippen molar-refractivity contribution >= 4 is 37.5 Å². The standard InChI is InChI=1S/C14H12N2O3S2/c1-19-10-6-8-11(9-7-10)21(17,18)16-14-12-4-2-3-5-13(12)15-20-14/h2-9,16H,1H3. The van der Waals surface area contributed by atoms with Crippen LogP contribution in [0.15, 0.2) is 53.4 Å². The molecule has 7 heteroatoms. The maximum Gasteiger partial charge on any atom is 0.262 e. The summed E-state index contributed by atoms with van der Waals surface area (Å²) in [4.78, 5) is 0.181. The Morgan fingerprint density at radius 1 is 1.10 bits per heavy atom. The predicted octanol–water partition coefficient (Wildman–Crippen LogP) is 3.11. The summed E-state index contributed by atoms with van der Waals surface area (Å²) in [5.74, 6) is 0.609. The van der Waals surface area contributed by atoms with E-state index in [0.29, 0.717) is 10.8 Å². The number of anilines is 1. The second kappa shape index (κ2) is 5.34. The summed E-state index contributed by atoms with van der Waals surface area (Å²) < 4.78 is 36.6. The highest BCUT2D eigenvalue weighted by Gasteiger charge is 2.17. The molecule has 0 amide bonds. The first-order chi connectivity index (χ1) is 10.1. The van der Waals surface area contributed by atoms with Gasteiger partial charge in [-0.25, -0.2) is 8.42 Å². The molecule has 3 aromatic rings. The lowest BCUT2D eigenvalue weighted by Gasteiger charge is -2.07. The largest absolute Gasteiger partial charge is 0.497 e. The van der Waals surface area contributed by atoms with Crippen molar-refractivity contribution in [3.05, 3.63) is 48.5 Å². The summed E-state index contributed by atoms with van der Waals surface area (Å²) in [5, 5.41) is 1.31. The van der Waals surface area contributed by atoms with Crippen LogP contribution in [0, 0.1) is 0 Å². The summed E-state index contributed by atoms with van der Waals surface area (Å²) in [6.45, 7) is 0. The Morgan fingerprint density at radius 3 is 2.52 bits per heavy atom. The van der Waals surface area contributed by atoms with Crippen LogP contribution in [0.5, 0.6) is 5.75 Å².